The highest BCUT2D eigenvalue weighted by Crippen LogP contribution is 2.16. The average molecular weight is 285 g/mol. The minimum atomic E-state index is -0.430. The van der Waals surface area contributed by atoms with Gasteiger partial charge in [-0.2, -0.15) is 0 Å². The average Bonchev–Trinajstić information content (AvgIpc) is 2.19. The van der Waals surface area contributed by atoms with Crippen LogP contribution in [0, 0.1) is 6.92 Å². The number of halogens is 1. The van der Waals surface area contributed by atoms with Crippen LogP contribution in [0.3, 0.4) is 0 Å². The lowest BCUT2D eigenvalue weighted by molar-refractivity contribution is -0.145. The van der Waals surface area contributed by atoms with Gasteiger partial charge in [-0.25, -0.2) is 0 Å². The fraction of sp³-hybridized carbons (Fsp3) is 0.333. The standard InChI is InChI=1S/C12H13BrO3/c1-8-5-11(13)4-3-10(8)6-12(15)7-16-9(2)14/h3-5H,6-7H2,1-2H3. The van der Waals surface area contributed by atoms with E-state index >= 15 is 0 Å². The zero-order chi connectivity index (χ0) is 12.1. The molecular formula is C12H13BrO3. The Morgan fingerprint density at radius 2 is 2.06 bits per heavy atom. The van der Waals surface area contributed by atoms with Crippen LogP contribution in [0.4, 0.5) is 0 Å². The lowest BCUT2D eigenvalue weighted by Crippen LogP contribution is -2.14. The number of carbonyl (C=O) groups excluding carboxylic acids is 2. The number of carbonyl (C=O) groups is 2. The van der Waals surface area contributed by atoms with Gasteiger partial charge in [0.05, 0.1) is 0 Å². The summed E-state index contributed by atoms with van der Waals surface area (Å²) in [7, 11) is 0. The first kappa shape index (κ1) is 12.9. The monoisotopic (exact) mass is 284 g/mol. The number of benzene rings is 1. The van der Waals surface area contributed by atoms with E-state index in [0.29, 0.717) is 6.42 Å². The van der Waals surface area contributed by atoms with Gasteiger partial charge in [-0.1, -0.05) is 22.0 Å². The maximum Gasteiger partial charge on any atom is 0.303 e. The fourth-order valence-corrected chi connectivity index (χ4v) is 1.78. The molecule has 1 aromatic carbocycles. The molecule has 0 heterocycles. The fourth-order valence-electron chi connectivity index (χ4n) is 1.30. The quantitative estimate of drug-likeness (QED) is 0.798. The van der Waals surface area contributed by atoms with Crippen LogP contribution in [0.25, 0.3) is 0 Å². The van der Waals surface area contributed by atoms with Crippen molar-refractivity contribution in [3.8, 4) is 0 Å². The zero-order valence-corrected chi connectivity index (χ0v) is 10.8. The molecule has 0 bridgehead atoms. The summed E-state index contributed by atoms with van der Waals surface area (Å²) in [6.07, 6.45) is 0.298. The van der Waals surface area contributed by atoms with Gasteiger partial charge in [0, 0.05) is 17.8 Å². The van der Waals surface area contributed by atoms with Gasteiger partial charge in [-0.3, -0.25) is 9.59 Å². The normalized spacial score (nSPS) is 9.94. The summed E-state index contributed by atoms with van der Waals surface area (Å²) in [5.74, 6) is -0.526. The van der Waals surface area contributed by atoms with Crippen molar-refractivity contribution in [2.75, 3.05) is 6.61 Å². The largest absolute Gasteiger partial charge is 0.458 e. The Hall–Kier alpha value is -1.16. The number of ether oxygens (including phenoxy) is 1. The second-order valence-electron chi connectivity index (χ2n) is 3.57. The molecule has 86 valence electrons. The third-order valence-electron chi connectivity index (χ3n) is 2.13. The lowest BCUT2D eigenvalue weighted by atomic mass is 10.0. The van der Waals surface area contributed by atoms with E-state index in [1.54, 1.807) is 0 Å². The third kappa shape index (κ3) is 4.14. The smallest absolute Gasteiger partial charge is 0.303 e. The molecule has 1 rings (SSSR count). The van der Waals surface area contributed by atoms with Crippen molar-refractivity contribution >= 4 is 27.7 Å². The first-order valence-corrected chi connectivity index (χ1v) is 5.68. The summed E-state index contributed by atoms with van der Waals surface area (Å²) in [6, 6.07) is 5.74. The molecule has 0 N–H and O–H groups in total. The van der Waals surface area contributed by atoms with E-state index in [0.717, 1.165) is 15.6 Å². The number of aryl methyl sites for hydroxylation is 1. The minimum absolute atomic E-state index is 0.0966. The molecule has 0 fully saturated rings. The second-order valence-corrected chi connectivity index (χ2v) is 4.48. The van der Waals surface area contributed by atoms with Gasteiger partial charge in [0.25, 0.3) is 0 Å². The number of esters is 1. The molecule has 3 nitrogen and oxygen atoms in total. The topological polar surface area (TPSA) is 43.4 Å². The molecule has 0 aromatic heterocycles. The lowest BCUT2D eigenvalue weighted by Gasteiger charge is -2.05. The first-order chi connectivity index (χ1) is 7.49. The van der Waals surface area contributed by atoms with Gasteiger partial charge in [0.15, 0.2) is 5.78 Å². The van der Waals surface area contributed by atoms with Crippen molar-refractivity contribution in [3.05, 3.63) is 33.8 Å². The predicted octanol–water partition coefficient (Wildman–Crippen LogP) is 2.43. The molecule has 4 heteroatoms. The second kappa shape index (κ2) is 5.80. The SMILES string of the molecule is CC(=O)OCC(=O)Cc1ccc(Br)cc1C. The van der Waals surface area contributed by atoms with Crippen LogP contribution in [0.15, 0.2) is 22.7 Å². The van der Waals surface area contributed by atoms with Crippen LogP contribution >= 0.6 is 15.9 Å². The number of hydrogen-bond acceptors (Lipinski definition) is 3. The third-order valence-corrected chi connectivity index (χ3v) is 2.62. The van der Waals surface area contributed by atoms with Crippen molar-refractivity contribution in [2.45, 2.75) is 20.3 Å². The number of rotatable bonds is 4. The van der Waals surface area contributed by atoms with Crippen LogP contribution < -0.4 is 0 Å². The zero-order valence-electron chi connectivity index (χ0n) is 9.25. The Kier molecular flexibility index (Phi) is 4.68. The van der Waals surface area contributed by atoms with Crippen LogP contribution in [-0.4, -0.2) is 18.4 Å². The van der Waals surface area contributed by atoms with Crippen molar-refractivity contribution < 1.29 is 14.3 Å². The summed E-state index contributed by atoms with van der Waals surface area (Å²) in [6.45, 7) is 3.09. The highest BCUT2D eigenvalue weighted by Gasteiger charge is 2.07. The molecule has 0 amide bonds. The summed E-state index contributed by atoms with van der Waals surface area (Å²) in [5, 5.41) is 0. The summed E-state index contributed by atoms with van der Waals surface area (Å²) >= 11 is 3.36. The number of ketones is 1. The highest BCUT2D eigenvalue weighted by molar-refractivity contribution is 9.10. The minimum Gasteiger partial charge on any atom is -0.458 e. The molecule has 0 aliphatic carbocycles. The Bertz CT molecular complexity index is 413. The molecule has 0 saturated carbocycles. The van der Waals surface area contributed by atoms with Crippen molar-refractivity contribution in [1.29, 1.82) is 0 Å². The van der Waals surface area contributed by atoms with E-state index in [1.165, 1.54) is 6.92 Å². The number of hydrogen-bond donors (Lipinski definition) is 0. The van der Waals surface area contributed by atoms with E-state index in [9.17, 15) is 9.59 Å². The Balaban J connectivity index is 2.59. The summed E-state index contributed by atoms with van der Waals surface area (Å²) in [4.78, 5) is 22.0. The Morgan fingerprint density at radius 1 is 1.38 bits per heavy atom. The van der Waals surface area contributed by atoms with Gasteiger partial charge in [-0.15, -0.1) is 0 Å². The van der Waals surface area contributed by atoms with Crippen LogP contribution in [0.1, 0.15) is 18.1 Å². The van der Waals surface area contributed by atoms with Gasteiger partial charge < -0.3 is 4.74 Å². The molecular weight excluding hydrogens is 272 g/mol. The molecule has 0 spiro atoms. The summed E-state index contributed by atoms with van der Waals surface area (Å²) < 4.78 is 5.63. The Labute approximate surface area is 103 Å². The van der Waals surface area contributed by atoms with Gasteiger partial charge in [0.2, 0.25) is 0 Å². The molecule has 0 radical (unpaired) electrons. The Morgan fingerprint density at radius 3 is 2.62 bits per heavy atom. The first-order valence-electron chi connectivity index (χ1n) is 4.89. The van der Waals surface area contributed by atoms with Crippen LogP contribution in [0.2, 0.25) is 0 Å². The van der Waals surface area contributed by atoms with Crippen LogP contribution in [-0.2, 0) is 20.7 Å². The van der Waals surface area contributed by atoms with E-state index in [4.69, 9.17) is 0 Å². The van der Waals surface area contributed by atoms with E-state index < -0.39 is 5.97 Å². The van der Waals surface area contributed by atoms with E-state index in [1.807, 2.05) is 25.1 Å². The molecule has 1 aromatic rings. The molecule has 16 heavy (non-hydrogen) atoms. The van der Waals surface area contributed by atoms with Gasteiger partial charge >= 0.3 is 5.97 Å². The maximum atomic E-state index is 11.5. The molecule has 0 saturated heterocycles. The van der Waals surface area contributed by atoms with Crippen LogP contribution in [0.5, 0.6) is 0 Å². The van der Waals surface area contributed by atoms with E-state index in [2.05, 4.69) is 20.7 Å². The molecule has 0 atom stereocenters. The van der Waals surface area contributed by atoms with Gasteiger partial charge in [-0.05, 0) is 30.2 Å². The van der Waals surface area contributed by atoms with Gasteiger partial charge in [0.1, 0.15) is 6.61 Å². The predicted molar refractivity (Wildman–Crippen MR) is 64.2 cm³/mol. The molecule has 0 aliphatic heterocycles. The highest BCUT2D eigenvalue weighted by atomic mass is 79.9. The van der Waals surface area contributed by atoms with Crippen molar-refractivity contribution in [1.82, 2.24) is 0 Å². The van der Waals surface area contributed by atoms with Crippen molar-refractivity contribution in [2.24, 2.45) is 0 Å². The van der Waals surface area contributed by atoms with E-state index in [-0.39, 0.29) is 12.4 Å². The summed E-state index contributed by atoms with van der Waals surface area (Å²) in [5.41, 5.74) is 2.01. The molecule has 0 unspecified atom stereocenters. The molecule has 0 aliphatic rings. The maximum absolute atomic E-state index is 11.5. The van der Waals surface area contributed by atoms with Crippen molar-refractivity contribution in [3.63, 3.8) is 0 Å². The number of Topliss-reactive ketones (excluding diaryl/α,β-unsaturated/α-hetero) is 1.